The van der Waals surface area contributed by atoms with Crippen molar-refractivity contribution < 1.29 is 13.5 Å². The van der Waals surface area contributed by atoms with E-state index >= 15 is 0 Å². The van der Waals surface area contributed by atoms with E-state index in [0.717, 1.165) is 5.69 Å². The number of aliphatic hydroxyl groups is 1. The summed E-state index contributed by atoms with van der Waals surface area (Å²) in [6.07, 6.45) is 0. The molecule has 0 atom stereocenters. The van der Waals surface area contributed by atoms with Gasteiger partial charge in [-0.25, -0.2) is 8.42 Å². The van der Waals surface area contributed by atoms with E-state index in [-0.39, 0.29) is 11.5 Å². The molecule has 1 aromatic heterocycles. The van der Waals surface area contributed by atoms with Crippen LogP contribution < -0.4 is 9.62 Å². The van der Waals surface area contributed by atoms with Crippen molar-refractivity contribution in [2.45, 2.75) is 11.5 Å². The molecular weight excluding hydrogens is 296 g/mol. The number of benzene rings is 1. The lowest BCUT2D eigenvalue weighted by Crippen LogP contribution is -2.13. The molecule has 0 radical (unpaired) electrons. The minimum Gasteiger partial charge on any atom is -0.391 e. The van der Waals surface area contributed by atoms with Crippen LogP contribution in [0.15, 0.2) is 40.6 Å². The number of nitrogens with zero attached hydrogens (tertiary/aromatic N) is 1. The summed E-state index contributed by atoms with van der Waals surface area (Å²) in [5.41, 5.74) is 1.42. The molecule has 2 aromatic rings. The summed E-state index contributed by atoms with van der Waals surface area (Å²) in [4.78, 5) is 2.68. The van der Waals surface area contributed by atoms with Gasteiger partial charge in [0, 0.05) is 30.0 Å². The van der Waals surface area contributed by atoms with Gasteiger partial charge in [0.15, 0.2) is 0 Å². The molecule has 0 aliphatic rings. The molecule has 5 nitrogen and oxygen atoms in total. The van der Waals surface area contributed by atoms with Crippen LogP contribution in [0.2, 0.25) is 0 Å². The van der Waals surface area contributed by atoms with Crippen molar-refractivity contribution in [1.82, 2.24) is 0 Å². The van der Waals surface area contributed by atoms with Gasteiger partial charge < -0.3 is 10.0 Å². The van der Waals surface area contributed by atoms with E-state index in [4.69, 9.17) is 5.11 Å². The van der Waals surface area contributed by atoms with Crippen LogP contribution in [0.5, 0.6) is 0 Å². The Balaban J connectivity index is 2.26. The van der Waals surface area contributed by atoms with Gasteiger partial charge in [0.25, 0.3) is 10.0 Å². The Bertz CT molecular complexity index is 693. The highest BCUT2D eigenvalue weighted by Crippen LogP contribution is 2.24. The Labute approximate surface area is 122 Å². The number of thiophene rings is 1. The lowest BCUT2D eigenvalue weighted by molar-refractivity contribution is 0.285. The molecule has 7 heteroatoms. The van der Waals surface area contributed by atoms with Gasteiger partial charge in [-0.05, 0) is 24.3 Å². The molecule has 1 aromatic carbocycles. The molecule has 0 aliphatic carbocycles. The molecule has 2 rings (SSSR count). The minimum absolute atomic E-state index is 0.156. The monoisotopic (exact) mass is 312 g/mol. The van der Waals surface area contributed by atoms with Crippen molar-refractivity contribution in [3.05, 3.63) is 40.6 Å². The molecule has 0 aliphatic heterocycles. The average Bonchev–Trinajstić information content (AvgIpc) is 2.88. The third kappa shape index (κ3) is 3.30. The van der Waals surface area contributed by atoms with E-state index in [1.54, 1.807) is 18.2 Å². The summed E-state index contributed by atoms with van der Waals surface area (Å²) >= 11 is 1.22. The SMILES string of the molecule is CN(C)c1cccc(NS(=O)(=O)c2csc(CO)c2)c1. The highest BCUT2D eigenvalue weighted by molar-refractivity contribution is 7.92. The molecule has 0 spiro atoms. The molecule has 0 bridgehead atoms. The maximum absolute atomic E-state index is 12.2. The van der Waals surface area contributed by atoms with E-state index < -0.39 is 10.0 Å². The number of hydrogen-bond donors (Lipinski definition) is 2. The Morgan fingerprint density at radius 1 is 1.30 bits per heavy atom. The summed E-state index contributed by atoms with van der Waals surface area (Å²) in [5.74, 6) is 0. The van der Waals surface area contributed by atoms with E-state index in [9.17, 15) is 8.42 Å². The largest absolute Gasteiger partial charge is 0.391 e. The maximum Gasteiger partial charge on any atom is 0.262 e. The van der Waals surface area contributed by atoms with Crippen LogP contribution in [-0.4, -0.2) is 27.6 Å². The van der Waals surface area contributed by atoms with Crippen LogP contribution in [0.25, 0.3) is 0 Å². The van der Waals surface area contributed by atoms with Crippen LogP contribution in [0, 0.1) is 0 Å². The van der Waals surface area contributed by atoms with Crippen molar-refractivity contribution >= 4 is 32.7 Å². The van der Waals surface area contributed by atoms with Gasteiger partial charge >= 0.3 is 0 Å². The van der Waals surface area contributed by atoms with Gasteiger partial charge in [-0.15, -0.1) is 11.3 Å². The van der Waals surface area contributed by atoms with Gasteiger partial charge in [-0.3, -0.25) is 4.72 Å². The fourth-order valence-corrected chi connectivity index (χ4v) is 3.83. The Morgan fingerprint density at radius 3 is 2.65 bits per heavy atom. The van der Waals surface area contributed by atoms with Gasteiger partial charge in [-0.2, -0.15) is 0 Å². The third-order valence-electron chi connectivity index (χ3n) is 2.71. The summed E-state index contributed by atoms with van der Waals surface area (Å²) in [6.45, 7) is -0.156. The first-order valence-corrected chi connectivity index (χ1v) is 8.27. The zero-order valence-corrected chi connectivity index (χ0v) is 12.8. The van der Waals surface area contributed by atoms with Gasteiger partial charge in [-0.1, -0.05) is 6.07 Å². The normalized spacial score (nSPS) is 11.3. The van der Waals surface area contributed by atoms with Crippen molar-refractivity contribution in [3.8, 4) is 0 Å². The predicted octanol–water partition coefficient (Wildman–Crippen LogP) is 2.11. The van der Waals surface area contributed by atoms with Crippen LogP contribution in [-0.2, 0) is 16.6 Å². The van der Waals surface area contributed by atoms with E-state index in [2.05, 4.69) is 4.72 Å². The van der Waals surface area contributed by atoms with E-state index in [1.807, 2.05) is 25.1 Å². The second kappa shape index (κ2) is 5.82. The average molecular weight is 312 g/mol. The lowest BCUT2D eigenvalue weighted by Gasteiger charge is -2.14. The first-order chi connectivity index (χ1) is 9.42. The van der Waals surface area contributed by atoms with E-state index in [1.165, 1.54) is 22.8 Å². The van der Waals surface area contributed by atoms with Crippen molar-refractivity contribution in [1.29, 1.82) is 0 Å². The van der Waals surface area contributed by atoms with Crippen LogP contribution in [0.3, 0.4) is 0 Å². The van der Waals surface area contributed by atoms with Crippen LogP contribution in [0.1, 0.15) is 4.88 Å². The zero-order valence-electron chi connectivity index (χ0n) is 11.2. The topological polar surface area (TPSA) is 69.6 Å². The molecule has 0 unspecified atom stereocenters. The number of nitrogens with one attached hydrogen (secondary N) is 1. The van der Waals surface area contributed by atoms with E-state index in [0.29, 0.717) is 10.6 Å². The van der Waals surface area contributed by atoms with Crippen molar-refractivity contribution in [2.75, 3.05) is 23.7 Å². The minimum atomic E-state index is -3.61. The van der Waals surface area contributed by atoms with Gasteiger partial charge in [0.2, 0.25) is 0 Å². The summed E-state index contributed by atoms with van der Waals surface area (Å²) < 4.78 is 27.0. The van der Waals surface area contributed by atoms with Gasteiger partial charge in [0.05, 0.1) is 17.2 Å². The second-order valence-corrected chi connectivity index (χ2v) is 7.14. The summed E-state index contributed by atoms with van der Waals surface area (Å²) in [6, 6.07) is 8.62. The first-order valence-electron chi connectivity index (χ1n) is 5.91. The number of anilines is 2. The number of hydrogen-bond acceptors (Lipinski definition) is 5. The molecular formula is C13H16N2O3S2. The molecule has 0 saturated carbocycles. The highest BCUT2D eigenvalue weighted by atomic mass is 32.2. The Hall–Kier alpha value is -1.57. The summed E-state index contributed by atoms with van der Waals surface area (Å²) in [7, 11) is 0.164. The molecule has 0 saturated heterocycles. The van der Waals surface area contributed by atoms with Gasteiger partial charge in [0.1, 0.15) is 0 Å². The molecule has 0 amide bonds. The lowest BCUT2D eigenvalue weighted by atomic mass is 10.3. The predicted molar refractivity (Wildman–Crippen MR) is 81.8 cm³/mol. The molecule has 0 fully saturated rings. The number of sulfonamides is 1. The van der Waals surface area contributed by atoms with Crippen molar-refractivity contribution in [2.24, 2.45) is 0 Å². The molecule has 108 valence electrons. The Kier molecular flexibility index (Phi) is 4.32. The van der Waals surface area contributed by atoms with Crippen LogP contribution >= 0.6 is 11.3 Å². The number of aliphatic hydroxyl groups excluding tert-OH is 1. The molecule has 1 heterocycles. The quantitative estimate of drug-likeness (QED) is 0.887. The zero-order chi connectivity index (χ0) is 14.8. The Morgan fingerprint density at radius 2 is 2.05 bits per heavy atom. The second-order valence-electron chi connectivity index (χ2n) is 4.46. The fraction of sp³-hybridized carbons (Fsp3) is 0.231. The molecule has 2 N–H and O–H groups in total. The first kappa shape index (κ1) is 14.8. The molecule has 20 heavy (non-hydrogen) atoms. The third-order valence-corrected chi connectivity index (χ3v) is 5.14. The highest BCUT2D eigenvalue weighted by Gasteiger charge is 2.16. The standard InChI is InChI=1S/C13H16N2O3S2/c1-15(2)11-5-3-4-10(6-11)14-20(17,18)13-7-12(8-16)19-9-13/h3-7,9,14,16H,8H2,1-2H3. The van der Waals surface area contributed by atoms with Crippen molar-refractivity contribution in [3.63, 3.8) is 0 Å². The van der Waals surface area contributed by atoms with Crippen LogP contribution in [0.4, 0.5) is 11.4 Å². The fourth-order valence-electron chi connectivity index (χ4n) is 1.65. The summed E-state index contributed by atoms with van der Waals surface area (Å²) in [5, 5.41) is 10.5. The number of rotatable bonds is 5. The smallest absolute Gasteiger partial charge is 0.262 e. The maximum atomic E-state index is 12.2.